The lowest BCUT2D eigenvalue weighted by atomic mass is 10.1. The third-order valence-electron chi connectivity index (χ3n) is 4.45. The maximum absolute atomic E-state index is 12.4. The van der Waals surface area contributed by atoms with Crippen molar-refractivity contribution in [2.45, 2.75) is 19.3 Å². The van der Waals surface area contributed by atoms with Crippen LogP contribution in [0, 0.1) is 11.8 Å². The van der Waals surface area contributed by atoms with Crippen molar-refractivity contribution in [2.75, 3.05) is 26.8 Å². The Balaban J connectivity index is 1.62. The van der Waals surface area contributed by atoms with Crippen LogP contribution in [0.3, 0.4) is 0 Å². The number of amides is 1. The van der Waals surface area contributed by atoms with Crippen molar-refractivity contribution in [1.82, 2.24) is 4.90 Å². The Labute approximate surface area is 135 Å². The summed E-state index contributed by atoms with van der Waals surface area (Å²) in [5.74, 6) is 0.164. The fraction of sp³-hybridized carbons (Fsp3) is 0.529. The lowest BCUT2D eigenvalue weighted by Crippen LogP contribution is -2.34. The summed E-state index contributed by atoms with van der Waals surface area (Å²) >= 11 is 0. The highest BCUT2D eigenvalue weighted by molar-refractivity contribution is 5.83. The van der Waals surface area contributed by atoms with E-state index in [0.29, 0.717) is 13.2 Å². The highest BCUT2D eigenvalue weighted by Gasteiger charge is 2.45. The van der Waals surface area contributed by atoms with Crippen molar-refractivity contribution in [1.29, 1.82) is 0 Å². The summed E-state index contributed by atoms with van der Waals surface area (Å²) in [7, 11) is 1.67. The van der Waals surface area contributed by atoms with Gasteiger partial charge >= 0.3 is 5.97 Å². The SMILES string of the molecule is CC(CN(C)C(=O)C1CC1c1ccc2c(c1)OCCO2)C(=O)O. The van der Waals surface area contributed by atoms with Crippen LogP contribution in [0.15, 0.2) is 18.2 Å². The topological polar surface area (TPSA) is 76.1 Å². The summed E-state index contributed by atoms with van der Waals surface area (Å²) < 4.78 is 11.1. The molecule has 1 heterocycles. The van der Waals surface area contributed by atoms with Crippen molar-refractivity contribution in [3.05, 3.63) is 23.8 Å². The molecule has 6 heteroatoms. The van der Waals surface area contributed by atoms with Crippen LogP contribution in [0.2, 0.25) is 0 Å². The molecule has 1 N–H and O–H groups in total. The Bertz CT molecular complexity index is 629. The molecule has 0 bridgehead atoms. The first-order chi connectivity index (χ1) is 11.0. The van der Waals surface area contributed by atoms with E-state index in [1.807, 2.05) is 18.2 Å². The number of fused-ring (bicyclic) bond motifs is 1. The molecule has 1 saturated carbocycles. The molecule has 2 aliphatic rings. The third kappa shape index (κ3) is 3.25. The fourth-order valence-corrected chi connectivity index (χ4v) is 2.99. The third-order valence-corrected chi connectivity index (χ3v) is 4.45. The first kappa shape index (κ1) is 15.6. The molecular formula is C17H21NO5. The Hall–Kier alpha value is -2.24. The van der Waals surface area contributed by atoms with Crippen LogP contribution >= 0.6 is 0 Å². The van der Waals surface area contributed by atoms with Crippen LogP contribution in [-0.4, -0.2) is 48.7 Å². The smallest absolute Gasteiger partial charge is 0.308 e. The molecule has 23 heavy (non-hydrogen) atoms. The van der Waals surface area contributed by atoms with Crippen LogP contribution in [0.5, 0.6) is 11.5 Å². The van der Waals surface area contributed by atoms with Crippen molar-refractivity contribution in [3.63, 3.8) is 0 Å². The minimum absolute atomic E-state index is 0.0120. The largest absolute Gasteiger partial charge is 0.486 e. The second-order valence-electron chi connectivity index (χ2n) is 6.31. The number of carbonyl (C=O) groups excluding carboxylic acids is 1. The van der Waals surface area contributed by atoms with Crippen molar-refractivity contribution < 1.29 is 24.2 Å². The van der Waals surface area contributed by atoms with E-state index in [2.05, 4.69) is 0 Å². The summed E-state index contributed by atoms with van der Waals surface area (Å²) in [5.41, 5.74) is 1.08. The van der Waals surface area contributed by atoms with Gasteiger partial charge in [-0.15, -0.1) is 0 Å². The number of aliphatic carboxylic acids is 1. The highest BCUT2D eigenvalue weighted by atomic mass is 16.6. The molecule has 1 aliphatic heterocycles. The number of hydrogen-bond donors (Lipinski definition) is 1. The van der Waals surface area contributed by atoms with Gasteiger partial charge in [0.05, 0.1) is 5.92 Å². The molecule has 1 fully saturated rings. The van der Waals surface area contributed by atoms with Crippen LogP contribution in [0.1, 0.15) is 24.8 Å². The molecule has 124 valence electrons. The average Bonchev–Trinajstić information content (AvgIpc) is 3.34. The molecule has 1 aromatic rings. The van der Waals surface area contributed by atoms with Gasteiger partial charge in [-0.1, -0.05) is 13.0 Å². The van der Waals surface area contributed by atoms with E-state index in [1.54, 1.807) is 14.0 Å². The number of rotatable bonds is 5. The van der Waals surface area contributed by atoms with E-state index in [4.69, 9.17) is 14.6 Å². The monoisotopic (exact) mass is 319 g/mol. The minimum atomic E-state index is -0.885. The Morgan fingerprint density at radius 3 is 2.70 bits per heavy atom. The normalized spacial score (nSPS) is 23.0. The maximum atomic E-state index is 12.4. The Morgan fingerprint density at radius 2 is 2.00 bits per heavy atom. The van der Waals surface area contributed by atoms with Crippen LogP contribution < -0.4 is 9.47 Å². The van der Waals surface area contributed by atoms with Gasteiger partial charge in [0.25, 0.3) is 0 Å². The predicted molar refractivity (Wildman–Crippen MR) is 82.7 cm³/mol. The van der Waals surface area contributed by atoms with Crippen LogP contribution in [0.25, 0.3) is 0 Å². The second kappa shape index (κ2) is 6.10. The Kier molecular flexibility index (Phi) is 4.15. The summed E-state index contributed by atoms with van der Waals surface area (Å²) in [6.45, 7) is 2.94. The van der Waals surface area contributed by atoms with Gasteiger partial charge in [0.15, 0.2) is 11.5 Å². The number of nitrogens with zero attached hydrogens (tertiary/aromatic N) is 1. The zero-order chi connectivity index (χ0) is 16.6. The van der Waals surface area contributed by atoms with Gasteiger partial charge < -0.3 is 19.5 Å². The molecule has 0 saturated heterocycles. The number of carboxylic acid groups (broad SMARTS) is 1. The van der Waals surface area contributed by atoms with E-state index >= 15 is 0 Å². The predicted octanol–water partition coefficient (Wildman–Crippen LogP) is 1.74. The first-order valence-corrected chi connectivity index (χ1v) is 7.84. The second-order valence-corrected chi connectivity index (χ2v) is 6.31. The molecule has 6 nitrogen and oxygen atoms in total. The van der Waals surface area contributed by atoms with E-state index in [9.17, 15) is 9.59 Å². The molecule has 0 aromatic heterocycles. The lowest BCUT2D eigenvalue weighted by molar-refractivity contribution is -0.142. The number of carboxylic acids is 1. The van der Waals surface area contributed by atoms with Crippen molar-refractivity contribution in [2.24, 2.45) is 11.8 Å². The highest BCUT2D eigenvalue weighted by Crippen LogP contribution is 2.50. The average molecular weight is 319 g/mol. The summed E-state index contributed by atoms with van der Waals surface area (Å²) in [4.78, 5) is 24.8. The quantitative estimate of drug-likeness (QED) is 0.894. The van der Waals surface area contributed by atoms with E-state index in [1.165, 1.54) is 4.90 Å². The van der Waals surface area contributed by atoms with E-state index in [0.717, 1.165) is 23.5 Å². The molecule has 0 spiro atoms. The van der Waals surface area contributed by atoms with Crippen LogP contribution in [-0.2, 0) is 9.59 Å². The Morgan fingerprint density at radius 1 is 1.30 bits per heavy atom. The van der Waals surface area contributed by atoms with E-state index in [-0.39, 0.29) is 24.3 Å². The summed E-state index contributed by atoms with van der Waals surface area (Å²) in [6, 6.07) is 5.82. The first-order valence-electron chi connectivity index (χ1n) is 7.84. The van der Waals surface area contributed by atoms with Gasteiger partial charge in [0.1, 0.15) is 13.2 Å². The van der Waals surface area contributed by atoms with Gasteiger partial charge in [-0.3, -0.25) is 9.59 Å². The van der Waals surface area contributed by atoms with Crippen LogP contribution in [0.4, 0.5) is 0 Å². The van der Waals surface area contributed by atoms with Gasteiger partial charge in [-0.25, -0.2) is 0 Å². The maximum Gasteiger partial charge on any atom is 0.308 e. The number of benzene rings is 1. The number of ether oxygens (including phenoxy) is 2. The molecule has 1 aliphatic carbocycles. The lowest BCUT2D eigenvalue weighted by Gasteiger charge is -2.20. The molecule has 3 atom stereocenters. The molecule has 3 rings (SSSR count). The zero-order valence-electron chi connectivity index (χ0n) is 13.3. The van der Waals surface area contributed by atoms with Gasteiger partial charge in [-0.2, -0.15) is 0 Å². The zero-order valence-corrected chi connectivity index (χ0v) is 13.3. The molecule has 3 unspecified atom stereocenters. The molecular weight excluding hydrogens is 298 g/mol. The van der Waals surface area contributed by atoms with Crippen molar-refractivity contribution >= 4 is 11.9 Å². The van der Waals surface area contributed by atoms with Gasteiger partial charge in [-0.05, 0) is 30.0 Å². The molecule has 1 aromatic carbocycles. The summed E-state index contributed by atoms with van der Waals surface area (Å²) in [6.07, 6.45) is 0.796. The standard InChI is InChI=1S/C17H21NO5/c1-10(17(20)21)9-18(2)16(19)13-8-12(13)11-3-4-14-15(7-11)23-6-5-22-14/h3-4,7,10,12-13H,5-6,8-9H2,1-2H3,(H,20,21). The minimum Gasteiger partial charge on any atom is -0.486 e. The van der Waals surface area contributed by atoms with Gasteiger partial charge in [0.2, 0.25) is 5.91 Å². The van der Waals surface area contributed by atoms with E-state index < -0.39 is 11.9 Å². The summed E-state index contributed by atoms with van der Waals surface area (Å²) in [5, 5.41) is 8.95. The molecule has 0 radical (unpaired) electrons. The molecule has 1 amide bonds. The fourth-order valence-electron chi connectivity index (χ4n) is 2.99. The number of carbonyl (C=O) groups is 2. The number of hydrogen-bond acceptors (Lipinski definition) is 4. The van der Waals surface area contributed by atoms with Crippen molar-refractivity contribution in [3.8, 4) is 11.5 Å². The van der Waals surface area contributed by atoms with Gasteiger partial charge in [0, 0.05) is 19.5 Å².